The molecule has 0 aliphatic heterocycles. The van der Waals surface area contributed by atoms with Crippen LogP contribution in [0, 0.1) is 12.3 Å². The van der Waals surface area contributed by atoms with Crippen molar-refractivity contribution in [3.05, 3.63) is 41.7 Å². The number of halogens is 1. The number of benzene rings is 1. The number of hydrogen-bond donors (Lipinski definition) is 2. The van der Waals surface area contributed by atoms with Gasteiger partial charge >= 0.3 is 0 Å². The van der Waals surface area contributed by atoms with Gasteiger partial charge in [0.05, 0.1) is 16.8 Å². The van der Waals surface area contributed by atoms with E-state index in [0.717, 1.165) is 0 Å². The number of anilines is 1. The van der Waals surface area contributed by atoms with Gasteiger partial charge in [0.1, 0.15) is 5.69 Å². The summed E-state index contributed by atoms with van der Waals surface area (Å²) in [7, 11) is 0. The third-order valence-corrected chi connectivity index (χ3v) is 2.96. The molecule has 6 heteroatoms. The van der Waals surface area contributed by atoms with E-state index < -0.39 is 6.04 Å². The first-order chi connectivity index (χ1) is 9.63. The predicted octanol–water partition coefficient (Wildman–Crippen LogP) is 1.81. The molecule has 1 atom stereocenters. The molecule has 1 heterocycles. The lowest BCUT2D eigenvalue weighted by molar-refractivity contribution is -0.117. The average molecular weight is 289 g/mol. The first-order valence-electron chi connectivity index (χ1n) is 5.92. The molecule has 1 aromatic carbocycles. The minimum atomic E-state index is -0.760. The van der Waals surface area contributed by atoms with Crippen LogP contribution in [0.4, 0.5) is 5.69 Å². The molecule has 0 aliphatic carbocycles. The molecule has 0 radical (unpaired) electrons. The fourth-order valence-corrected chi connectivity index (χ4v) is 1.96. The summed E-state index contributed by atoms with van der Waals surface area (Å²) < 4.78 is 1.57. The Labute approximate surface area is 121 Å². The minimum absolute atomic E-state index is 0.170. The fraction of sp³-hybridized carbons (Fsp3) is 0.143. The number of nitrogens with two attached hydrogens (primary N) is 1. The first kappa shape index (κ1) is 14.1. The molecule has 102 valence electrons. The quantitative estimate of drug-likeness (QED) is 0.843. The van der Waals surface area contributed by atoms with Gasteiger partial charge in [0.2, 0.25) is 5.91 Å². The topological polar surface area (TPSA) is 72.9 Å². The van der Waals surface area contributed by atoms with Gasteiger partial charge in [-0.15, -0.1) is 12.3 Å². The van der Waals surface area contributed by atoms with Gasteiger partial charge in [0, 0.05) is 18.8 Å². The maximum atomic E-state index is 11.9. The smallest absolute Gasteiger partial charge is 0.242 e. The molecule has 2 aromatic rings. The van der Waals surface area contributed by atoms with Crippen molar-refractivity contribution in [3.63, 3.8) is 0 Å². The molecule has 20 heavy (non-hydrogen) atoms. The van der Waals surface area contributed by atoms with Crippen LogP contribution in [0.5, 0.6) is 0 Å². The van der Waals surface area contributed by atoms with Crippen molar-refractivity contribution in [3.8, 4) is 18.0 Å². The molecule has 1 aromatic heterocycles. The Hall–Kier alpha value is -2.29. The van der Waals surface area contributed by atoms with E-state index in [-0.39, 0.29) is 12.3 Å². The molecule has 1 amide bonds. The number of para-hydroxylation sites is 1. The predicted molar refractivity (Wildman–Crippen MR) is 78.6 cm³/mol. The van der Waals surface area contributed by atoms with Crippen molar-refractivity contribution in [2.45, 2.75) is 12.5 Å². The second kappa shape index (κ2) is 6.24. The molecule has 1 unspecified atom stereocenters. The summed E-state index contributed by atoms with van der Waals surface area (Å²) in [6.45, 7) is 0. The van der Waals surface area contributed by atoms with Crippen LogP contribution in [-0.2, 0) is 4.79 Å². The average Bonchev–Trinajstić information content (AvgIpc) is 2.92. The number of nitrogens with zero attached hydrogens (tertiary/aromatic N) is 2. The summed E-state index contributed by atoms with van der Waals surface area (Å²) in [5.74, 6) is 2.00. The third kappa shape index (κ3) is 2.99. The standard InChI is InChI=1S/C14H13ClN4O/c1-2-5-11(16)14(20)18-12-7-3-6-10(15)13(12)19-9-4-8-17-19/h1,3-4,6-9,11H,5,16H2,(H,18,20). The Morgan fingerprint density at radius 2 is 2.35 bits per heavy atom. The van der Waals surface area contributed by atoms with Crippen LogP contribution < -0.4 is 11.1 Å². The maximum Gasteiger partial charge on any atom is 0.242 e. The van der Waals surface area contributed by atoms with Crippen molar-refractivity contribution in [2.24, 2.45) is 5.73 Å². The van der Waals surface area contributed by atoms with Crippen LogP contribution >= 0.6 is 11.6 Å². The second-order valence-corrected chi connectivity index (χ2v) is 4.50. The van der Waals surface area contributed by atoms with Gasteiger partial charge in [-0.2, -0.15) is 5.10 Å². The van der Waals surface area contributed by atoms with E-state index in [1.807, 2.05) is 0 Å². The lowest BCUT2D eigenvalue weighted by Crippen LogP contribution is -2.35. The Morgan fingerprint density at radius 3 is 3.00 bits per heavy atom. The molecule has 0 bridgehead atoms. The highest BCUT2D eigenvalue weighted by molar-refractivity contribution is 6.33. The van der Waals surface area contributed by atoms with Gasteiger partial charge in [-0.1, -0.05) is 17.7 Å². The highest BCUT2D eigenvalue weighted by atomic mass is 35.5. The lowest BCUT2D eigenvalue weighted by Gasteiger charge is -2.14. The highest BCUT2D eigenvalue weighted by Gasteiger charge is 2.16. The van der Waals surface area contributed by atoms with Crippen molar-refractivity contribution in [2.75, 3.05) is 5.32 Å². The molecule has 3 N–H and O–H groups in total. The van der Waals surface area contributed by atoms with Crippen molar-refractivity contribution < 1.29 is 4.79 Å². The largest absolute Gasteiger partial charge is 0.323 e. The van der Waals surface area contributed by atoms with Crippen LogP contribution in [0.1, 0.15) is 6.42 Å². The number of nitrogens with one attached hydrogen (secondary N) is 1. The van der Waals surface area contributed by atoms with E-state index >= 15 is 0 Å². The highest BCUT2D eigenvalue weighted by Crippen LogP contribution is 2.28. The van der Waals surface area contributed by atoms with Gasteiger partial charge < -0.3 is 11.1 Å². The molecule has 5 nitrogen and oxygen atoms in total. The van der Waals surface area contributed by atoms with E-state index in [9.17, 15) is 4.79 Å². The van der Waals surface area contributed by atoms with Crippen LogP contribution in [0.3, 0.4) is 0 Å². The van der Waals surface area contributed by atoms with E-state index in [0.29, 0.717) is 16.4 Å². The van der Waals surface area contributed by atoms with E-state index in [1.54, 1.807) is 41.3 Å². The number of aromatic nitrogens is 2. The minimum Gasteiger partial charge on any atom is -0.323 e. The van der Waals surface area contributed by atoms with Gasteiger partial charge in [-0.25, -0.2) is 4.68 Å². The molecular weight excluding hydrogens is 276 g/mol. The van der Waals surface area contributed by atoms with Crippen LogP contribution in [0.15, 0.2) is 36.7 Å². The molecule has 0 saturated heterocycles. The van der Waals surface area contributed by atoms with Crippen LogP contribution in [0.2, 0.25) is 5.02 Å². The molecular formula is C14H13ClN4O. The van der Waals surface area contributed by atoms with Crippen molar-refractivity contribution >= 4 is 23.2 Å². The van der Waals surface area contributed by atoms with E-state index in [1.165, 1.54) is 0 Å². The normalized spacial score (nSPS) is 11.7. The molecule has 0 fully saturated rings. The summed E-state index contributed by atoms with van der Waals surface area (Å²) in [5.41, 5.74) is 6.78. The summed E-state index contributed by atoms with van der Waals surface area (Å²) >= 11 is 6.17. The number of rotatable bonds is 4. The number of hydrogen-bond acceptors (Lipinski definition) is 3. The number of amides is 1. The van der Waals surface area contributed by atoms with Crippen molar-refractivity contribution in [1.82, 2.24) is 9.78 Å². The van der Waals surface area contributed by atoms with E-state index in [2.05, 4.69) is 16.3 Å². The SMILES string of the molecule is C#CCC(N)C(=O)Nc1cccc(Cl)c1-n1cccn1. The Balaban J connectivity index is 2.32. The first-order valence-corrected chi connectivity index (χ1v) is 6.29. The lowest BCUT2D eigenvalue weighted by atomic mass is 10.2. The Kier molecular flexibility index (Phi) is 4.41. The zero-order chi connectivity index (χ0) is 14.5. The maximum absolute atomic E-state index is 11.9. The fourth-order valence-electron chi connectivity index (χ4n) is 1.70. The van der Waals surface area contributed by atoms with Crippen LogP contribution in [0.25, 0.3) is 5.69 Å². The number of carbonyl (C=O) groups is 1. The Morgan fingerprint density at radius 1 is 1.55 bits per heavy atom. The molecule has 2 rings (SSSR count). The monoisotopic (exact) mass is 288 g/mol. The van der Waals surface area contributed by atoms with Gasteiger partial charge in [0.15, 0.2) is 0 Å². The van der Waals surface area contributed by atoms with Gasteiger partial charge in [0.25, 0.3) is 0 Å². The Bertz CT molecular complexity index is 646. The molecule has 0 spiro atoms. The zero-order valence-corrected chi connectivity index (χ0v) is 11.3. The summed E-state index contributed by atoms with van der Waals surface area (Å²) in [6, 6.07) is 6.18. The summed E-state index contributed by atoms with van der Waals surface area (Å²) in [5, 5.41) is 7.30. The molecule has 0 aliphatic rings. The van der Waals surface area contributed by atoms with Gasteiger partial charge in [-0.3, -0.25) is 4.79 Å². The second-order valence-electron chi connectivity index (χ2n) is 4.09. The number of carbonyl (C=O) groups excluding carboxylic acids is 1. The summed E-state index contributed by atoms with van der Waals surface area (Å²) in [4.78, 5) is 11.9. The number of terminal acetylenes is 1. The van der Waals surface area contributed by atoms with E-state index in [4.69, 9.17) is 23.8 Å². The zero-order valence-electron chi connectivity index (χ0n) is 10.6. The summed E-state index contributed by atoms with van der Waals surface area (Å²) in [6.07, 6.45) is 8.68. The molecule has 0 saturated carbocycles. The van der Waals surface area contributed by atoms with Gasteiger partial charge in [-0.05, 0) is 18.2 Å². The van der Waals surface area contributed by atoms with Crippen LogP contribution in [-0.4, -0.2) is 21.7 Å². The van der Waals surface area contributed by atoms with Crippen molar-refractivity contribution in [1.29, 1.82) is 0 Å². The third-order valence-electron chi connectivity index (χ3n) is 2.65.